The van der Waals surface area contributed by atoms with Gasteiger partial charge in [-0.1, -0.05) is 25.0 Å². The number of ether oxygens (including phenoxy) is 2. The Labute approximate surface area is 223 Å². The molecule has 0 bridgehead atoms. The second kappa shape index (κ2) is 10.6. The van der Waals surface area contributed by atoms with E-state index < -0.39 is 18.2 Å². The maximum Gasteiger partial charge on any atom is 0.573 e. The number of halogens is 3. The Bertz CT molecular complexity index is 1490. The van der Waals surface area contributed by atoms with Crippen LogP contribution in [0.5, 0.6) is 11.5 Å². The second-order valence-corrected chi connectivity index (χ2v) is 9.96. The molecule has 8 nitrogen and oxygen atoms in total. The summed E-state index contributed by atoms with van der Waals surface area (Å²) in [4.78, 5) is 17.0. The van der Waals surface area contributed by atoms with Crippen LogP contribution in [0.15, 0.2) is 48.7 Å². The van der Waals surface area contributed by atoms with Crippen molar-refractivity contribution in [1.29, 1.82) is 0 Å². The smallest absolute Gasteiger partial charge is 0.487 e. The molecule has 2 unspecified atom stereocenters. The van der Waals surface area contributed by atoms with Crippen LogP contribution >= 0.6 is 0 Å². The standard InChI is InChI=1S/C28H29F3N4O4/c1-17-13-18(7-10-25(17)39-28(29,30)31)15-35-24-14-20(38-16-19-11-12-34(2)33-19)8-9-23(24)32-26(35)21-5-3-4-6-22(21)27(36)37/h7-14,21-22H,3-6,15-16H2,1-2H3,(H,36,37). The molecule has 11 heteroatoms. The van der Waals surface area contributed by atoms with E-state index in [1.807, 2.05) is 42.1 Å². The first-order chi connectivity index (χ1) is 18.6. The molecule has 1 saturated carbocycles. The Hall–Kier alpha value is -4.02. The number of carbonyl (C=O) groups is 1. The van der Waals surface area contributed by atoms with Gasteiger partial charge >= 0.3 is 12.3 Å². The van der Waals surface area contributed by atoms with Crippen LogP contribution in [0.1, 0.15) is 54.2 Å². The number of nitrogens with zero attached hydrogens (tertiary/aromatic N) is 4. The summed E-state index contributed by atoms with van der Waals surface area (Å²) in [6.45, 7) is 2.13. The molecule has 5 rings (SSSR count). The molecule has 0 aliphatic heterocycles. The van der Waals surface area contributed by atoms with E-state index in [1.54, 1.807) is 23.7 Å². The molecular formula is C28H29F3N4O4. The molecule has 0 spiro atoms. The van der Waals surface area contributed by atoms with Crippen molar-refractivity contribution in [2.75, 3.05) is 0 Å². The third kappa shape index (κ3) is 6.02. The first kappa shape index (κ1) is 26.6. The van der Waals surface area contributed by atoms with Gasteiger partial charge in [-0.15, -0.1) is 13.2 Å². The van der Waals surface area contributed by atoms with Gasteiger partial charge in [0, 0.05) is 31.8 Å². The van der Waals surface area contributed by atoms with Crippen LogP contribution in [0.2, 0.25) is 0 Å². The van der Waals surface area contributed by atoms with Gasteiger partial charge in [0.15, 0.2) is 0 Å². The van der Waals surface area contributed by atoms with Gasteiger partial charge in [0.2, 0.25) is 0 Å². The maximum absolute atomic E-state index is 12.8. The molecule has 0 saturated heterocycles. The summed E-state index contributed by atoms with van der Waals surface area (Å²) >= 11 is 0. The minimum Gasteiger partial charge on any atom is -0.487 e. The number of carboxylic acids is 1. The van der Waals surface area contributed by atoms with Gasteiger partial charge in [-0.25, -0.2) is 4.98 Å². The Balaban J connectivity index is 1.52. The molecule has 2 atom stereocenters. The third-order valence-electron chi connectivity index (χ3n) is 7.13. The molecule has 1 fully saturated rings. The maximum atomic E-state index is 12.8. The molecule has 0 amide bonds. The first-order valence-electron chi connectivity index (χ1n) is 12.8. The van der Waals surface area contributed by atoms with Crippen LogP contribution in [0.25, 0.3) is 11.0 Å². The number of fused-ring (bicyclic) bond motifs is 1. The highest BCUT2D eigenvalue weighted by Gasteiger charge is 2.35. The fraction of sp³-hybridized carbons (Fsp3) is 0.393. The average Bonchev–Trinajstić information content (AvgIpc) is 3.46. The number of imidazole rings is 1. The van der Waals surface area contributed by atoms with E-state index in [2.05, 4.69) is 9.84 Å². The van der Waals surface area contributed by atoms with Gasteiger partial charge in [-0.2, -0.15) is 5.10 Å². The molecule has 1 N–H and O–H groups in total. The average molecular weight is 543 g/mol. The number of aryl methyl sites for hydroxylation is 2. The summed E-state index contributed by atoms with van der Waals surface area (Å²) in [5.41, 5.74) is 3.31. The number of alkyl halides is 3. The van der Waals surface area contributed by atoms with Gasteiger partial charge in [-0.05, 0) is 55.2 Å². The summed E-state index contributed by atoms with van der Waals surface area (Å²) in [7, 11) is 1.83. The van der Waals surface area contributed by atoms with Crippen LogP contribution in [0.3, 0.4) is 0 Å². The fourth-order valence-electron chi connectivity index (χ4n) is 5.32. The van der Waals surface area contributed by atoms with E-state index in [9.17, 15) is 23.1 Å². The van der Waals surface area contributed by atoms with Gasteiger partial charge in [0.1, 0.15) is 23.9 Å². The summed E-state index contributed by atoms with van der Waals surface area (Å²) in [5, 5.41) is 14.3. The van der Waals surface area contributed by atoms with E-state index in [0.29, 0.717) is 42.0 Å². The summed E-state index contributed by atoms with van der Waals surface area (Å²) in [5.74, 6) is -0.682. The van der Waals surface area contributed by atoms with Crippen molar-refractivity contribution in [1.82, 2.24) is 19.3 Å². The topological polar surface area (TPSA) is 91.4 Å². The van der Waals surface area contributed by atoms with Crippen LogP contribution < -0.4 is 9.47 Å². The molecular weight excluding hydrogens is 513 g/mol. The highest BCUT2D eigenvalue weighted by Crippen LogP contribution is 2.39. The minimum atomic E-state index is -4.78. The van der Waals surface area contributed by atoms with Crippen molar-refractivity contribution < 1.29 is 32.5 Å². The van der Waals surface area contributed by atoms with Gasteiger partial charge < -0.3 is 19.1 Å². The third-order valence-corrected chi connectivity index (χ3v) is 7.13. The lowest BCUT2D eigenvalue weighted by Gasteiger charge is -2.28. The zero-order valence-electron chi connectivity index (χ0n) is 21.6. The molecule has 2 aromatic carbocycles. The lowest BCUT2D eigenvalue weighted by atomic mass is 9.78. The van der Waals surface area contributed by atoms with Crippen molar-refractivity contribution in [3.63, 3.8) is 0 Å². The number of hydrogen-bond donors (Lipinski definition) is 1. The Morgan fingerprint density at radius 3 is 2.62 bits per heavy atom. The Kier molecular flexibility index (Phi) is 7.24. The van der Waals surface area contributed by atoms with Gasteiger partial charge in [-0.3, -0.25) is 9.48 Å². The molecule has 39 heavy (non-hydrogen) atoms. The van der Waals surface area contributed by atoms with Gasteiger partial charge in [0.25, 0.3) is 0 Å². The highest BCUT2D eigenvalue weighted by molar-refractivity contribution is 5.79. The predicted molar refractivity (Wildman–Crippen MR) is 137 cm³/mol. The molecule has 2 heterocycles. The second-order valence-electron chi connectivity index (χ2n) is 9.96. The zero-order valence-corrected chi connectivity index (χ0v) is 21.6. The van der Waals surface area contributed by atoms with Gasteiger partial charge in [0.05, 0.1) is 22.6 Å². The monoisotopic (exact) mass is 542 g/mol. The van der Waals surface area contributed by atoms with E-state index in [0.717, 1.165) is 29.6 Å². The van der Waals surface area contributed by atoms with E-state index in [-0.39, 0.29) is 18.3 Å². The van der Waals surface area contributed by atoms with E-state index in [1.165, 1.54) is 6.07 Å². The first-order valence-corrected chi connectivity index (χ1v) is 12.8. The predicted octanol–water partition coefficient (Wildman–Crippen LogP) is 5.96. The van der Waals surface area contributed by atoms with Crippen molar-refractivity contribution in [3.8, 4) is 11.5 Å². The Morgan fingerprint density at radius 2 is 1.92 bits per heavy atom. The number of aliphatic carboxylic acids is 1. The lowest BCUT2D eigenvalue weighted by Crippen LogP contribution is -2.27. The van der Waals surface area contributed by atoms with Crippen molar-refractivity contribution >= 4 is 17.0 Å². The zero-order chi connectivity index (χ0) is 27.7. The van der Waals surface area contributed by atoms with Crippen LogP contribution in [0, 0.1) is 12.8 Å². The number of benzene rings is 2. The minimum absolute atomic E-state index is 0.259. The molecule has 4 aromatic rings. The summed E-state index contributed by atoms with van der Waals surface area (Å²) < 4.78 is 52.1. The van der Waals surface area contributed by atoms with Crippen LogP contribution in [0.4, 0.5) is 13.2 Å². The Morgan fingerprint density at radius 1 is 1.13 bits per heavy atom. The highest BCUT2D eigenvalue weighted by atomic mass is 19.4. The molecule has 1 aliphatic carbocycles. The largest absolute Gasteiger partial charge is 0.573 e. The SMILES string of the molecule is Cc1cc(Cn2c(C3CCCCC3C(=O)O)nc3ccc(OCc4ccn(C)n4)cc32)ccc1OC(F)(F)F. The molecule has 206 valence electrons. The van der Waals surface area contributed by atoms with Crippen molar-refractivity contribution in [3.05, 3.63) is 71.3 Å². The number of carboxylic acid groups (broad SMARTS) is 1. The molecule has 1 aliphatic rings. The summed E-state index contributed by atoms with van der Waals surface area (Å²) in [6, 6.07) is 11.9. The van der Waals surface area contributed by atoms with Crippen LogP contribution in [-0.2, 0) is 25.0 Å². The molecule has 0 radical (unpaired) electrons. The van der Waals surface area contributed by atoms with E-state index in [4.69, 9.17) is 9.72 Å². The molecule has 2 aromatic heterocycles. The summed E-state index contributed by atoms with van der Waals surface area (Å²) in [6.07, 6.45) is 0.0699. The number of rotatable bonds is 8. The van der Waals surface area contributed by atoms with Crippen molar-refractivity contribution in [2.45, 2.75) is 58.0 Å². The lowest BCUT2D eigenvalue weighted by molar-refractivity contribution is -0.274. The fourth-order valence-corrected chi connectivity index (χ4v) is 5.32. The van der Waals surface area contributed by atoms with Crippen molar-refractivity contribution in [2.24, 2.45) is 13.0 Å². The van der Waals surface area contributed by atoms with Crippen LogP contribution in [-0.4, -0.2) is 36.8 Å². The number of aromatic nitrogens is 4. The van der Waals surface area contributed by atoms with E-state index >= 15 is 0 Å². The normalized spacial score (nSPS) is 17.9. The number of hydrogen-bond acceptors (Lipinski definition) is 5. The quantitative estimate of drug-likeness (QED) is 0.295.